The number of carbonyl (C=O) groups is 4. The van der Waals surface area contributed by atoms with Gasteiger partial charge < -0.3 is 71.7 Å². The van der Waals surface area contributed by atoms with E-state index < -0.39 is 22.9 Å². The van der Waals surface area contributed by atoms with Crippen molar-refractivity contribution in [2.45, 2.75) is 109 Å². The molecule has 144 heavy (non-hydrogen) atoms. The van der Waals surface area contributed by atoms with Crippen LogP contribution in [-0.2, 0) is 43.4 Å². The molecule has 2 fully saturated rings. The van der Waals surface area contributed by atoms with Crippen LogP contribution in [0.1, 0.15) is 170 Å². The highest BCUT2D eigenvalue weighted by Gasteiger charge is 2.41. The van der Waals surface area contributed by atoms with Crippen molar-refractivity contribution in [1.29, 1.82) is 0 Å². The van der Waals surface area contributed by atoms with E-state index in [9.17, 15) is 33.8 Å². The van der Waals surface area contributed by atoms with E-state index in [1.807, 2.05) is 125 Å². The zero-order chi connectivity index (χ0) is 98.1. The van der Waals surface area contributed by atoms with Gasteiger partial charge in [0.1, 0.15) is 55.2 Å². The Morgan fingerprint density at radius 2 is 0.743 bits per heavy atom. The summed E-state index contributed by atoms with van der Waals surface area (Å²) in [5.74, 6) is 2.21. The molecular weight excluding hydrogens is 1910 g/mol. The second-order valence-corrected chi connectivity index (χ2v) is 34.5. The Balaban J connectivity index is 0.000000170. The number of fused-ring (bicyclic) bond motifs is 5. The molecule has 15 heterocycles. The molecule has 4 amide bonds. The van der Waals surface area contributed by atoms with Crippen molar-refractivity contribution >= 4 is 144 Å². The fourth-order valence-electron chi connectivity index (χ4n) is 16.4. The number of pyridine rings is 7. The second kappa shape index (κ2) is 49.5. The van der Waals surface area contributed by atoms with E-state index in [-0.39, 0.29) is 140 Å². The van der Waals surface area contributed by atoms with Crippen LogP contribution in [0.5, 0.6) is 0 Å². The summed E-state index contributed by atoms with van der Waals surface area (Å²) in [6.45, 7) is 18.7. The number of hydrogen-bond acceptors (Lipinski definition) is 31. The Morgan fingerprint density at radius 1 is 0.396 bits per heavy atom. The van der Waals surface area contributed by atoms with Crippen molar-refractivity contribution in [3.05, 3.63) is 305 Å². The molecule has 0 unspecified atom stereocenters. The minimum atomic E-state index is -1.02. The van der Waals surface area contributed by atoms with Crippen molar-refractivity contribution in [3.8, 4) is 45.0 Å². The molecule has 0 spiro atoms. The van der Waals surface area contributed by atoms with Gasteiger partial charge in [0, 0.05) is 201 Å². The molecule has 5 atom stereocenters. The minimum absolute atomic E-state index is 0. The van der Waals surface area contributed by atoms with Gasteiger partial charge in [0.25, 0.3) is 23.6 Å². The highest BCUT2D eigenvalue weighted by molar-refractivity contribution is 7.59. The van der Waals surface area contributed by atoms with E-state index in [0.717, 1.165) is 118 Å². The molecule has 3 aliphatic heterocycles. The Morgan fingerprint density at radius 3 is 1.09 bits per heavy atom. The largest absolute Gasteiger partial charge is 0.379 e. The number of halogens is 1. The fraction of sp³-hybridized carbons (Fsp3) is 0.279. The maximum Gasteiger partial charge on any atom is 0.254 e. The predicted octanol–water partition coefficient (Wildman–Crippen LogP) is 14.6. The zero-order valence-electron chi connectivity index (χ0n) is 81.0. The summed E-state index contributed by atoms with van der Waals surface area (Å²) < 4.78 is 35.8. The summed E-state index contributed by atoms with van der Waals surface area (Å²) in [4.78, 5) is 124. The lowest BCUT2D eigenvalue weighted by atomic mass is 9.95. The van der Waals surface area contributed by atoms with Crippen LogP contribution in [0.15, 0.2) is 227 Å². The van der Waals surface area contributed by atoms with Crippen molar-refractivity contribution in [2.24, 2.45) is 0 Å². The maximum atomic E-state index is 14.4. The van der Waals surface area contributed by atoms with Crippen LogP contribution in [-0.4, -0.2) is 205 Å². The molecule has 10 N–H and O–H groups in total. The Kier molecular flexibility index (Phi) is 37.2. The molecule has 746 valence electrons. The second-order valence-electron chi connectivity index (χ2n) is 34.5. The maximum absolute atomic E-state index is 14.4. The number of aliphatic hydroxyl groups is 2. The number of hydrogen-bond donors (Lipinski definition) is 10. The number of nitrogens with zero attached hydrogens (tertiary/aromatic N) is 17. The highest BCUT2D eigenvalue weighted by Crippen LogP contribution is 2.38. The van der Waals surface area contributed by atoms with Gasteiger partial charge in [-0.1, -0.05) is 100 Å². The van der Waals surface area contributed by atoms with Gasteiger partial charge in [-0.15, -0.1) is 0 Å². The van der Waals surface area contributed by atoms with E-state index in [1.165, 1.54) is 26.0 Å². The summed E-state index contributed by atoms with van der Waals surface area (Å²) in [6, 6.07) is 45.4. The van der Waals surface area contributed by atoms with E-state index in [1.54, 1.807) is 113 Å². The molecule has 3 aliphatic rings. The van der Waals surface area contributed by atoms with Crippen LogP contribution >= 0.6 is 54.0 Å². The average Bonchev–Trinajstić information content (AvgIpc) is 1.70. The number of aromatic nitrogens is 17. The van der Waals surface area contributed by atoms with Crippen molar-refractivity contribution < 1.29 is 52.7 Å². The van der Waals surface area contributed by atoms with E-state index in [4.69, 9.17) is 18.9 Å². The highest BCUT2D eigenvalue weighted by atomic mass is 32.1. The number of para-hydroxylation sites is 4. The van der Waals surface area contributed by atoms with Crippen LogP contribution in [0.3, 0.4) is 0 Å². The molecule has 2 saturated heterocycles. The molecule has 4 aromatic carbocycles. The van der Waals surface area contributed by atoms with E-state index >= 15 is 0 Å². The first-order valence-corrected chi connectivity index (χ1v) is 45.8. The predicted molar refractivity (Wildman–Crippen MR) is 571 cm³/mol. The van der Waals surface area contributed by atoms with E-state index in [0.29, 0.717) is 107 Å². The number of anilines is 4. The number of benzene rings is 4. The summed E-state index contributed by atoms with van der Waals surface area (Å²) >= 11 is 0. The standard InChI is InChI=1S/C26H25FN6O3.C26H29N7O2.C26H26N6O3.C26H26N6O2.4H2S/c1-15(17-4-3-5-18-23(25(34)28-2)19(27)11-31-24(17)18)9-30-22-8-20(32-14-33-22)16-6-7-21(29-10-16)26(35)12-36-13-26;1-16(2)35-14-24-30-12-18(13-31-24)22-10-23(33-15-32-22)29-11-17(3)19-6-5-7-20-21(26(34)27-4)8-9-28-25(19)20;1-16(18-4-3-5-19-20(25(33)27-2)8-9-28-24(18)19)11-30-23-10-21(31-15-32-23)17-6-7-22(29-12-17)26(34)13-35-14-26;1-15(18-5-4-6-19-20(26(33)27-3)7-8-28-25(18)19)11-30-24-10-22(31-14-32-24)17-9-21-16(2)34-13-23(21)29-12-17;;;;/h3-8,10-11,14-15,35H,9,12-13H2,1-2H3,(H,28,34)(H,30,32,33);5-10,12-13,15-17H,11,14H2,1-4H3,(H,27,34)(H,29,32,33);3-10,12,15-16,34H,11,13-14H2,1-2H3,(H,27,33)(H,30,31,32);4-10,12,14-16H,11,13H2,1-3H3,(H,27,33)(H,30,31,32);4*1H2/t15-;17-;16-;15-,16-;;;;/m1111..../s1. The fourth-order valence-corrected chi connectivity index (χ4v) is 16.4. The molecule has 0 bridgehead atoms. The molecule has 40 heteroatoms. The number of ether oxygens (including phenoxy) is 4. The van der Waals surface area contributed by atoms with Gasteiger partial charge in [-0.25, -0.2) is 54.2 Å². The van der Waals surface area contributed by atoms with Crippen molar-refractivity contribution in [3.63, 3.8) is 0 Å². The molecule has 12 aromatic heterocycles. The molecule has 0 saturated carbocycles. The summed E-state index contributed by atoms with van der Waals surface area (Å²) in [5.41, 5.74) is 16.5. The molecule has 35 nitrogen and oxygen atoms in total. The van der Waals surface area contributed by atoms with E-state index in [2.05, 4.69) is 160 Å². The van der Waals surface area contributed by atoms with Crippen LogP contribution in [0.25, 0.3) is 88.6 Å². The topological polar surface area (TPSA) is 461 Å². The first-order chi connectivity index (χ1) is 67.9. The Labute approximate surface area is 859 Å². The average molecular weight is 2020 g/mol. The smallest absolute Gasteiger partial charge is 0.254 e. The first kappa shape index (κ1) is 108. The normalized spacial score (nSPS) is 14.1. The summed E-state index contributed by atoms with van der Waals surface area (Å²) in [7, 11) is 6.35. The number of amides is 4. The van der Waals surface area contributed by atoms with Crippen LogP contribution in [0.2, 0.25) is 0 Å². The van der Waals surface area contributed by atoms with Gasteiger partial charge >= 0.3 is 0 Å². The quantitative estimate of drug-likeness (QED) is 0.0208. The molecule has 0 aliphatic carbocycles. The molecule has 0 radical (unpaired) electrons. The summed E-state index contributed by atoms with van der Waals surface area (Å²) in [5, 5.41) is 47.8. The molecule has 19 rings (SSSR count). The molecule has 16 aromatic rings. The minimum Gasteiger partial charge on any atom is -0.379 e. The van der Waals surface area contributed by atoms with Gasteiger partial charge in [-0.05, 0) is 91.6 Å². The SMILES string of the molecule is CNC(=O)c1c(F)cnc2c([C@H](C)CNc3cc(-c4ccc(C5(O)COC5)nc4)ncn3)cccc12.CNC(=O)c1ccnc2c([C@H](C)CNc3cc(-c4ccc(C5(O)COC5)nc4)ncn3)cccc12.CNC(=O)c1ccnc2c([C@H](C)CNc3cc(-c4cnc(COC(C)C)nc4)ncn3)cccc12.CNC(=O)c1ccnc2c([C@H](C)CNc3cc(-c4cnc5c(c4)[C@@H](C)OC5)ncn3)cccc12.S.S.S.S. The number of rotatable bonds is 29. The van der Waals surface area contributed by atoms with Gasteiger partial charge in [0.05, 0.1) is 136 Å². The number of nitrogens with one attached hydrogen (secondary N) is 8. The third-order valence-electron chi connectivity index (χ3n) is 24.5. The van der Waals surface area contributed by atoms with Gasteiger partial charge in [-0.2, -0.15) is 54.0 Å². The third kappa shape index (κ3) is 25.0. The lowest BCUT2D eigenvalue weighted by Crippen LogP contribution is -2.47. The van der Waals surface area contributed by atoms with Crippen molar-refractivity contribution in [1.82, 2.24) is 106 Å². The summed E-state index contributed by atoms with van der Waals surface area (Å²) in [6.07, 6.45) is 21.0. The monoisotopic (exact) mass is 2020 g/mol. The lowest BCUT2D eigenvalue weighted by molar-refractivity contribution is -0.186. The lowest BCUT2D eigenvalue weighted by Gasteiger charge is -2.35. The van der Waals surface area contributed by atoms with Crippen LogP contribution < -0.4 is 42.5 Å². The van der Waals surface area contributed by atoms with Gasteiger partial charge in [0.15, 0.2) is 22.8 Å². The molecular formula is C104H114FN25O10S4. The Hall–Kier alpha value is -14.5. The third-order valence-corrected chi connectivity index (χ3v) is 24.5. The van der Waals surface area contributed by atoms with Crippen LogP contribution in [0, 0.1) is 5.82 Å². The first-order valence-electron chi connectivity index (χ1n) is 45.8. The number of carbonyl (C=O) groups excluding carboxylic acids is 4. The Bertz CT molecular complexity index is 7200. The van der Waals surface area contributed by atoms with Gasteiger partial charge in [0.2, 0.25) is 0 Å². The van der Waals surface area contributed by atoms with Crippen molar-refractivity contribution in [2.75, 3.05) is 102 Å². The zero-order valence-corrected chi connectivity index (χ0v) is 85.0. The van der Waals surface area contributed by atoms with Gasteiger partial charge in [-0.3, -0.25) is 54.1 Å². The van der Waals surface area contributed by atoms with Crippen LogP contribution in [0.4, 0.5) is 27.7 Å².